The van der Waals surface area contributed by atoms with Gasteiger partial charge in [0.05, 0.1) is 5.84 Å². The van der Waals surface area contributed by atoms with E-state index in [4.69, 9.17) is 0 Å². The molecule has 1 aliphatic carbocycles. The first kappa shape index (κ1) is 11.7. The van der Waals surface area contributed by atoms with Crippen LogP contribution in [0.25, 0.3) is 0 Å². The molecule has 1 atom stereocenters. The molecule has 0 fully saturated rings. The van der Waals surface area contributed by atoms with Crippen LogP contribution in [0.5, 0.6) is 0 Å². The van der Waals surface area contributed by atoms with Crippen LogP contribution in [0.1, 0.15) is 42.9 Å². The van der Waals surface area contributed by atoms with Crippen LogP contribution in [-0.4, -0.2) is 17.5 Å². The van der Waals surface area contributed by atoms with Gasteiger partial charge in [-0.15, -0.1) is 0 Å². The third-order valence-electron chi connectivity index (χ3n) is 3.93. The monoisotopic (exact) mass is 244 g/mol. The van der Waals surface area contributed by atoms with Crippen LogP contribution in [-0.2, 0) is 18.6 Å². The summed E-state index contributed by atoms with van der Waals surface area (Å²) in [6, 6.07) is 6.26. The number of amidine groups is 1. The number of aliphatic hydroxyl groups is 1. The van der Waals surface area contributed by atoms with E-state index in [2.05, 4.69) is 16.4 Å². The Morgan fingerprint density at radius 2 is 2.11 bits per heavy atom. The van der Waals surface area contributed by atoms with Gasteiger partial charge in [0.25, 0.3) is 0 Å². The van der Waals surface area contributed by atoms with Crippen molar-refractivity contribution in [2.45, 2.75) is 44.8 Å². The summed E-state index contributed by atoms with van der Waals surface area (Å²) in [5.41, 5.74) is 2.74. The van der Waals surface area contributed by atoms with Gasteiger partial charge in [-0.1, -0.05) is 18.2 Å². The van der Waals surface area contributed by atoms with Gasteiger partial charge < -0.3 is 10.4 Å². The SMILES string of the molecule is CC(O)(NC1=NCCC1)c1cccc2c1CCC2. The second kappa shape index (κ2) is 4.39. The maximum Gasteiger partial charge on any atom is 0.160 e. The van der Waals surface area contributed by atoms with E-state index in [9.17, 15) is 5.11 Å². The quantitative estimate of drug-likeness (QED) is 0.783. The third-order valence-corrected chi connectivity index (χ3v) is 3.93. The molecule has 1 unspecified atom stereocenters. The van der Waals surface area contributed by atoms with Crippen molar-refractivity contribution >= 4 is 5.84 Å². The molecule has 18 heavy (non-hydrogen) atoms. The molecular formula is C15H20N2O. The number of benzene rings is 1. The molecule has 1 heterocycles. The van der Waals surface area contributed by atoms with Crippen LogP contribution in [0, 0.1) is 0 Å². The van der Waals surface area contributed by atoms with E-state index in [1.165, 1.54) is 17.5 Å². The van der Waals surface area contributed by atoms with Crippen molar-refractivity contribution in [2.24, 2.45) is 4.99 Å². The first-order chi connectivity index (χ1) is 8.67. The topological polar surface area (TPSA) is 44.6 Å². The second-order valence-electron chi connectivity index (χ2n) is 5.43. The van der Waals surface area contributed by atoms with Gasteiger partial charge in [0.2, 0.25) is 0 Å². The van der Waals surface area contributed by atoms with E-state index in [0.29, 0.717) is 0 Å². The average Bonchev–Trinajstić information content (AvgIpc) is 2.97. The molecule has 1 aromatic rings. The van der Waals surface area contributed by atoms with Gasteiger partial charge in [0.15, 0.2) is 5.72 Å². The van der Waals surface area contributed by atoms with E-state index in [0.717, 1.165) is 43.6 Å². The number of hydrogen-bond donors (Lipinski definition) is 2. The Bertz CT molecular complexity index is 491. The second-order valence-corrected chi connectivity index (χ2v) is 5.43. The van der Waals surface area contributed by atoms with Gasteiger partial charge in [-0.25, -0.2) is 0 Å². The Kier molecular flexibility index (Phi) is 2.86. The minimum atomic E-state index is -1.00. The van der Waals surface area contributed by atoms with Crippen LogP contribution < -0.4 is 5.32 Å². The maximum atomic E-state index is 10.7. The molecule has 0 saturated carbocycles. The van der Waals surface area contributed by atoms with E-state index in [-0.39, 0.29) is 0 Å². The Balaban J connectivity index is 1.91. The lowest BCUT2D eigenvalue weighted by Gasteiger charge is -2.28. The number of aliphatic imine (C=N–C) groups is 1. The zero-order valence-corrected chi connectivity index (χ0v) is 10.9. The van der Waals surface area contributed by atoms with E-state index in [1.54, 1.807) is 0 Å². The highest BCUT2D eigenvalue weighted by atomic mass is 16.3. The van der Waals surface area contributed by atoms with E-state index in [1.807, 2.05) is 19.1 Å². The van der Waals surface area contributed by atoms with Crippen LogP contribution >= 0.6 is 0 Å². The molecule has 0 spiro atoms. The molecular weight excluding hydrogens is 224 g/mol. The fraction of sp³-hybridized carbons (Fsp3) is 0.533. The number of nitrogens with one attached hydrogen (secondary N) is 1. The van der Waals surface area contributed by atoms with Crippen molar-refractivity contribution in [1.29, 1.82) is 0 Å². The number of hydrogen-bond acceptors (Lipinski definition) is 3. The summed E-state index contributed by atoms with van der Waals surface area (Å²) in [5.74, 6) is 0.940. The summed E-state index contributed by atoms with van der Waals surface area (Å²) < 4.78 is 0. The predicted octanol–water partition coefficient (Wildman–Crippen LogP) is 2.12. The molecule has 3 rings (SSSR count). The third kappa shape index (κ3) is 2.03. The van der Waals surface area contributed by atoms with Crippen LogP contribution in [0.4, 0.5) is 0 Å². The van der Waals surface area contributed by atoms with Gasteiger partial charge in [-0.3, -0.25) is 4.99 Å². The molecule has 2 N–H and O–H groups in total. The lowest BCUT2D eigenvalue weighted by Crippen LogP contribution is -2.43. The van der Waals surface area contributed by atoms with Crippen molar-refractivity contribution < 1.29 is 5.11 Å². The van der Waals surface area contributed by atoms with Crippen molar-refractivity contribution in [1.82, 2.24) is 5.32 Å². The lowest BCUT2D eigenvalue weighted by molar-refractivity contribution is 0.0398. The fourth-order valence-electron chi connectivity index (χ4n) is 3.07. The Morgan fingerprint density at radius 3 is 2.89 bits per heavy atom. The van der Waals surface area contributed by atoms with Gasteiger partial charge in [-0.2, -0.15) is 0 Å². The van der Waals surface area contributed by atoms with Crippen molar-refractivity contribution in [3.8, 4) is 0 Å². The van der Waals surface area contributed by atoms with Gasteiger partial charge >= 0.3 is 0 Å². The van der Waals surface area contributed by atoms with Crippen LogP contribution in [0.2, 0.25) is 0 Å². The Labute approximate surface area is 108 Å². The van der Waals surface area contributed by atoms with Crippen LogP contribution in [0.3, 0.4) is 0 Å². The largest absolute Gasteiger partial charge is 0.367 e. The van der Waals surface area contributed by atoms with Crippen molar-refractivity contribution in [2.75, 3.05) is 6.54 Å². The van der Waals surface area contributed by atoms with Crippen molar-refractivity contribution in [3.05, 3.63) is 34.9 Å². The number of nitrogens with zero attached hydrogens (tertiary/aromatic N) is 1. The smallest absolute Gasteiger partial charge is 0.160 e. The normalized spacial score (nSPS) is 21.3. The van der Waals surface area contributed by atoms with Gasteiger partial charge in [0, 0.05) is 18.5 Å². The average molecular weight is 244 g/mol. The molecule has 1 aliphatic heterocycles. The van der Waals surface area contributed by atoms with Gasteiger partial charge in [0.1, 0.15) is 0 Å². The number of fused-ring (bicyclic) bond motifs is 1. The molecule has 0 aromatic heterocycles. The Hall–Kier alpha value is -1.35. The predicted molar refractivity (Wildman–Crippen MR) is 72.7 cm³/mol. The molecule has 96 valence electrons. The summed E-state index contributed by atoms with van der Waals surface area (Å²) in [4.78, 5) is 4.39. The molecule has 1 aromatic carbocycles. The summed E-state index contributed by atoms with van der Waals surface area (Å²) in [7, 11) is 0. The summed E-state index contributed by atoms with van der Waals surface area (Å²) >= 11 is 0. The molecule has 2 aliphatic rings. The zero-order valence-electron chi connectivity index (χ0n) is 10.9. The summed E-state index contributed by atoms with van der Waals surface area (Å²) in [6.45, 7) is 2.72. The van der Waals surface area contributed by atoms with E-state index < -0.39 is 5.72 Å². The minimum absolute atomic E-state index is 0.880. The number of aryl methyl sites for hydroxylation is 1. The molecule has 0 bridgehead atoms. The maximum absolute atomic E-state index is 10.7. The highest BCUT2D eigenvalue weighted by Crippen LogP contribution is 2.31. The summed E-state index contributed by atoms with van der Waals surface area (Å²) in [6.07, 6.45) is 5.45. The van der Waals surface area contributed by atoms with Gasteiger partial charge in [-0.05, 0) is 43.7 Å². The highest BCUT2D eigenvalue weighted by molar-refractivity contribution is 5.84. The minimum Gasteiger partial charge on any atom is -0.367 e. The van der Waals surface area contributed by atoms with Crippen LogP contribution in [0.15, 0.2) is 23.2 Å². The highest BCUT2D eigenvalue weighted by Gasteiger charge is 2.29. The fourth-order valence-corrected chi connectivity index (χ4v) is 3.07. The zero-order chi connectivity index (χ0) is 12.6. The molecule has 0 saturated heterocycles. The molecule has 0 radical (unpaired) electrons. The molecule has 0 amide bonds. The van der Waals surface area contributed by atoms with E-state index >= 15 is 0 Å². The molecule has 3 heteroatoms. The number of rotatable bonds is 2. The first-order valence-corrected chi connectivity index (χ1v) is 6.82. The van der Waals surface area contributed by atoms with Crippen molar-refractivity contribution in [3.63, 3.8) is 0 Å². The Morgan fingerprint density at radius 1 is 1.22 bits per heavy atom. The standard InChI is InChI=1S/C15H20N2O/c1-15(18,17-14-9-4-10-16-14)13-8-3-6-11-5-2-7-12(11)13/h3,6,8,18H,2,4-5,7,9-10H2,1H3,(H,16,17). The summed E-state index contributed by atoms with van der Waals surface area (Å²) in [5, 5.41) is 13.9. The first-order valence-electron chi connectivity index (χ1n) is 6.82. The molecule has 3 nitrogen and oxygen atoms in total. The lowest BCUT2D eigenvalue weighted by atomic mass is 9.95.